The molecular formula is C16H18O2. The maximum Gasteiger partial charge on any atom is 0.155 e. The van der Waals surface area contributed by atoms with Crippen molar-refractivity contribution in [3.8, 4) is 5.75 Å². The van der Waals surface area contributed by atoms with Gasteiger partial charge in [0.15, 0.2) is 5.78 Å². The highest BCUT2D eigenvalue weighted by molar-refractivity contribution is 5.91. The fourth-order valence-electron chi connectivity index (χ4n) is 3.37. The summed E-state index contributed by atoms with van der Waals surface area (Å²) in [6.45, 7) is 2.25. The third kappa shape index (κ3) is 1.59. The predicted octanol–water partition coefficient (Wildman–Crippen LogP) is 3.04. The third-order valence-electron chi connectivity index (χ3n) is 4.57. The molecule has 3 rings (SSSR count). The number of ether oxygens (including phenoxy) is 1. The largest absolute Gasteiger partial charge is 0.497 e. The van der Waals surface area contributed by atoms with E-state index in [1.54, 1.807) is 13.2 Å². The molecule has 0 radical (unpaired) electrons. The first-order valence-corrected chi connectivity index (χ1v) is 6.53. The lowest BCUT2D eigenvalue weighted by Crippen LogP contribution is -2.38. The standard InChI is InChI=1S/C16H18O2/c1-16-8-7-13(17)9-12(16)5-3-11-4-6-14(18-2)10-15(11)16/h4,6-8,10,12H,3,5,9H2,1-2H3. The molecule has 0 aliphatic heterocycles. The first-order chi connectivity index (χ1) is 8.63. The second-order valence-corrected chi connectivity index (χ2v) is 5.55. The maximum absolute atomic E-state index is 11.6. The van der Waals surface area contributed by atoms with Crippen molar-refractivity contribution < 1.29 is 9.53 Å². The Morgan fingerprint density at radius 2 is 2.22 bits per heavy atom. The minimum Gasteiger partial charge on any atom is -0.497 e. The number of benzene rings is 1. The number of hydrogen-bond acceptors (Lipinski definition) is 2. The van der Waals surface area contributed by atoms with Crippen molar-refractivity contribution in [3.63, 3.8) is 0 Å². The van der Waals surface area contributed by atoms with E-state index in [1.165, 1.54) is 11.1 Å². The first kappa shape index (κ1) is 11.5. The summed E-state index contributed by atoms with van der Waals surface area (Å²) in [5.74, 6) is 1.61. The molecule has 94 valence electrons. The van der Waals surface area contributed by atoms with Gasteiger partial charge in [-0.25, -0.2) is 0 Å². The molecule has 2 nitrogen and oxygen atoms in total. The van der Waals surface area contributed by atoms with Crippen LogP contribution in [0.25, 0.3) is 0 Å². The van der Waals surface area contributed by atoms with Gasteiger partial charge in [-0.05, 0) is 48.1 Å². The van der Waals surface area contributed by atoms with Gasteiger partial charge in [-0.3, -0.25) is 4.79 Å². The van der Waals surface area contributed by atoms with Crippen LogP contribution in [0.1, 0.15) is 30.9 Å². The number of ketones is 1. The zero-order valence-electron chi connectivity index (χ0n) is 10.9. The average Bonchev–Trinajstić information content (AvgIpc) is 2.39. The van der Waals surface area contributed by atoms with Gasteiger partial charge < -0.3 is 4.74 Å². The zero-order chi connectivity index (χ0) is 12.8. The predicted molar refractivity (Wildman–Crippen MR) is 70.9 cm³/mol. The van der Waals surface area contributed by atoms with Crippen molar-refractivity contribution in [1.29, 1.82) is 0 Å². The molecule has 2 unspecified atom stereocenters. The molecule has 0 saturated heterocycles. The molecule has 2 atom stereocenters. The van der Waals surface area contributed by atoms with Gasteiger partial charge in [0.1, 0.15) is 5.75 Å². The van der Waals surface area contributed by atoms with Crippen molar-refractivity contribution >= 4 is 5.78 Å². The van der Waals surface area contributed by atoms with Gasteiger partial charge in [-0.2, -0.15) is 0 Å². The van der Waals surface area contributed by atoms with E-state index in [9.17, 15) is 4.79 Å². The van der Waals surface area contributed by atoms with Crippen LogP contribution in [-0.4, -0.2) is 12.9 Å². The Hall–Kier alpha value is -1.57. The van der Waals surface area contributed by atoms with Crippen molar-refractivity contribution in [2.24, 2.45) is 5.92 Å². The summed E-state index contributed by atoms with van der Waals surface area (Å²) in [6, 6.07) is 6.34. The monoisotopic (exact) mass is 242 g/mol. The van der Waals surface area contributed by atoms with Crippen LogP contribution >= 0.6 is 0 Å². The van der Waals surface area contributed by atoms with Gasteiger partial charge in [0.2, 0.25) is 0 Å². The Bertz CT molecular complexity index is 530. The van der Waals surface area contributed by atoms with Gasteiger partial charge in [0.05, 0.1) is 7.11 Å². The van der Waals surface area contributed by atoms with E-state index in [2.05, 4.69) is 25.1 Å². The Labute approximate surface area is 108 Å². The lowest BCUT2D eigenvalue weighted by atomic mass is 9.61. The highest BCUT2D eigenvalue weighted by atomic mass is 16.5. The molecule has 0 amide bonds. The molecular weight excluding hydrogens is 224 g/mol. The SMILES string of the molecule is COc1ccc2c(c1)C1(C)C=CC(=O)CC1CC2. The van der Waals surface area contributed by atoms with Crippen LogP contribution in [-0.2, 0) is 16.6 Å². The Kier molecular flexibility index (Phi) is 2.54. The summed E-state index contributed by atoms with van der Waals surface area (Å²) >= 11 is 0. The summed E-state index contributed by atoms with van der Waals surface area (Å²) in [7, 11) is 1.70. The second-order valence-electron chi connectivity index (χ2n) is 5.55. The van der Waals surface area contributed by atoms with E-state index >= 15 is 0 Å². The molecule has 2 heteroatoms. The highest BCUT2D eigenvalue weighted by Crippen LogP contribution is 2.47. The van der Waals surface area contributed by atoms with Crippen LogP contribution in [0.5, 0.6) is 5.75 Å². The number of hydrogen-bond donors (Lipinski definition) is 0. The van der Waals surface area contributed by atoms with Crippen molar-refractivity contribution in [3.05, 3.63) is 41.5 Å². The first-order valence-electron chi connectivity index (χ1n) is 6.53. The molecule has 18 heavy (non-hydrogen) atoms. The molecule has 0 bridgehead atoms. The van der Waals surface area contributed by atoms with Crippen molar-refractivity contribution in [2.45, 2.75) is 31.6 Å². The van der Waals surface area contributed by atoms with Crippen LogP contribution in [0, 0.1) is 5.92 Å². The molecule has 0 saturated carbocycles. The van der Waals surface area contributed by atoms with E-state index < -0.39 is 0 Å². The van der Waals surface area contributed by atoms with Gasteiger partial charge in [-0.1, -0.05) is 19.1 Å². The van der Waals surface area contributed by atoms with E-state index in [4.69, 9.17) is 4.74 Å². The average molecular weight is 242 g/mol. The van der Waals surface area contributed by atoms with E-state index in [0.717, 1.165) is 18.6 Å². The fraction of sp³-hybridized carbons (Fsp3) is 0.438. The van der Waals surface area contributed by atoms with Crippen LogP contribution in [0.3, 0.4) is 0 Å². The lowest BCUT2D eigenvalue weighted by molar-refractivity contribution is -0.116. The Morgan fingerprint density at radius 3 is 3.00 bits per heavy atom. The summed E-state index contributed by atoms with van der Waals surface area (Å²) in [6.07, 6.45) is 6.71. The molecule has 2 aliphatic rings. The Morgan fingerprint density at radius 1 is 1.39 bits per heavy atom. The van der Waals surface area contributed by atoms with Crippen molar-refractivity contribution in [1.82, 2.24) is 0 Å². The summed E-state index contributed by atoms with van der Waals surface area (Å²) < 4.78 is 5.34. The van der Waals surface area contributed by atoms with Gasteiger partial charge >= 0.3 is 0 Å². The number of rotatable bonds is 1. The van der Waals surface area contributed by atoms with Crippen LogP contribution in [0.2, 0.25) is 0 Å². The number of aryl methyl sites for hydroxylation is 1. The van der Waals surface area contributed by atoms with Gasteiger partial charge in [0, 0.05) is 11.8 Å². The normalized spacial score (nSPS) is 29.7. The van der Waals surface area contributed by atoms with Crippen LogP contribution < -0.4 is 4.74 Å². The molecule has 0 N–H and O–H groups in total. The molecule has 0 spiro atoms. The van der Waals surface area contributed by atoms with Crippen LogP contribution in [0.4, 0.5) is 0 Å². The molecule has 1 aromatic rings. The molecule has 0 aromatic heterocycles. The summed E-state index contributed by atoms with van der Waals surface area (Å²) in [4.78, 5) is 11.6. The summed E-state index contributed by atoms with van der Waals surface area (Å²) in [5, 5.41) is 0. The minimum atomic E-state index is -0.00394. The number of allylic oxidation sites excluding steroid dienone is 2. The molecule has 0 heterocycles. The van der Waals surface area contributed by atoms with Gasteiger partial charge in [-0.15, -0.1) is 0 Å². The molecule has 1 aromatic carbocycles. The topological polar surface area (TPSA) is 26.3 Å². The highest BCUT2D eigenvalue weighted by Gasteiger charge is 2.41. The van der Waals surface area contributed by atoms with E-state index in [0.29, 0.717) is 12.3 Å². The van der Waals surface area contributed by atoms with E-state index in [-0.39, 0.29) is 11.2 Å². The number of methoxy groups -OCH3 is 1. The summed E-state index contributed by atoms with van der Waals surface area (Å²) in [5.41, 5.74) is 2.73. The number of fused-ring (bicyclic) bond motifs is 3. The second kappa shape index (κ2) is 3.98. The van der Waals surface area contributed by atoms with Gasteiger partial charge in [0.25, 0.3) is 0 Å². The quantitative estimate of drug-likeness (QED) is 0.756. The molecule has 2 aliphatic carbocycles. The number of carbonyl (C=O) groups is 1. The number of carbonyl (C=O) groups excluding carboxylic acids is 1. The van der Waals surface area contributed by atoms with E-state index in [1.807, 2.05) is 6.07 Å². The molecule has 0 fully saturated rings. The minimum absolute atomic E-state index is 0.00394. The zero-order valence-corrected chi connectivity index (χ0v) is 10.9. The van der Waals surface area contributed by atoms with Crippen LogP contribution in [0.15, 0.2) is 30.4 Å². The maximum atomic E-state index is 11.6. The fourth-order valence-corrected chi connectivity index (χ4v) is 3.37. The third-order valence-corrected chi connectivity index (χ3v) is 4.57. The smallest absolute Gasteiger partial charge is 0.155 e. The lowest BCUT2D eigenvalue weighted by Gasteiger charge is -2.43. The Balaban J connectivity index is 2.14. The van der Waals surface area contributed by atoms with Crippen molar-refractivity contribution in [2.75, 3.05) is 7.11 Å².